The van der Waals surface area contributed by atoms with Gasteiger partial charge in [0.05, 0.1) is 12.2 Å². The summed E-state index contributed by atoms with van der Waals surface area (Å²) in [5.74, 6) is 0.0268. The van der Waals surface area contributed by atoms with Gasteiger partial charge in [-0.05, 0) is 62.3 Å². The number of thiocarbonyl (C=S) groups is 1. The predicted molar refractivity (Wildman–Crippen MR) is 129 cm³/mol. The van der Waals surface area contributed by atoms with Crippen molar-refractivity contribution in [2.75, 3.05) is 11.9 Å². The molecule has 0 aliphatic rings. The summed E-state index contributed by atoms with van der Waals surface area (Å²) in [4.78, 5) is 25.0. The van der Waals surface area contributed by atoms with Crippen LogP contribution in [0.1, 0.15) is 67.2 Å². The van der Waals surface area contributed by atoms with Crippen molar-refractivity contribution in [1.82, 2.24) is 10.6 Å². The molecular weight excluding hydrogens is 410 g/mol. The number of hydrogen-bond acceptors (Lipinski definition) is 4. The minimum atomic E-state index is -0.353. The number of anilines is 1. The molecule has 1 unspecified atom stereocenters. The zero-order valence-corrected chi connectivity index (χ0v) is 19.2. The van der Waals surface area contributed by atoms with Gasteiger partial charge in [0.2, 0.25) is 0 Å². The molecule has 1 atom stereocenters. The molecule has 0 bridgehead atoms. The van der Waals surface area contributed by atoms with Crippen LogP contribution >= 0.6 is 12.2 Å². The fourth-order valence-corrected chi connectivity index (χ4v) is 3.00. The Kier molecular flexibility index (Phi) is 9.97. The van der Waals surface area contributed by atoms with Crippen LogP contribution in [0.2, 0.25) is 0 Å². The monoisotopic (exact) mass is 441 g/mol. The summed E-state index contributed by atoms with van der Waals surface area (Å²) in [7, 11) is 0. The Morgan fingerprint density at radius 1 is 1.03 bits per heavy atom. The second-order valence-electron chi connectivity index (χ2n) is 7.32. The van der Waals surface area contributed by atoms with Crippen molar-refractivity contribution in [3.05, 3.63) is 59.7 Å². The molecule has 0 radical (unpaired) electrons. The summed E-state index contributed by atoms with van der Waals surface area (Å²) in [5, 5.41) is 8.71. The largest absolute Gasteiger partial charge is 0.493 e. The van der Waals surface area contributed by atoms with Crippen LogP contribution in [0.5, 0.6) is 5.75 Å². The third-order valence-electron chi connectivity index (χ3n) is 4.74. The standard InChI is InChI=1S/C24H31N3O3S/c1-4-6-9-15-30-21-14-8-7-13-20(21)23(29)27-24(31)26-19-12-10-11-18(16-19)22(28)25-17(3)5-2/h7-8,10-14,16-17H,4-6,9,15H2,1-3H3,(H,25,28)(H2,26,27,29,31). The summed E-state index contributed by atoms with van der Waals surface area (Å²) < 4.78 is 5.77. The van der Waals surface area contributed by atoms with Gasteiger partial charge in [-0.2, -0.15) is 0 Å². The molecule has 6 nitrogen and oxygen atoms in total. The van der Waals surface area contributed by atoms with E-state index in [1.165, 1.54) is 0 Å². The number of rotatable bonds is 10. The zero-order chi connectivity index (χ0) is 22.6. The lowest BCUT2D eigenvalue weighted by atomic mass is 10.1. The molecule has 3 N–H and O–H groups in total. The van der Waals surface area contributed by atoms with Crippen LogP contribution < -0.4 is 20.7 Å². The van der Waals surface area contributed by atoms with Gasteiger partial charge in [0.25, 0.3) is 11.8 Å². The van der Waals surface area contributed by atoms with E-state index in [1.807, 2.05) is 19.9 Å². The first-order valence-corrected chi connectivity index (χ1v) is 11.1. The van der Waals surface area contributed by atoms with Gasteiger partial charge in [-0.3, -0.25) is 14.9 Å². The van der Waals surface area contributed by atoms with E-state index in [-0.39, 0.29) is 23.0 Å². The number of amides is 2. The second-order valence-corrected chi connectivity index (χ2v) is 7.73. The molecule has 0 saturated carbocycles. The van der Waals surface area contributed by atoms with Crippen LogP contribution in [-0.2, 0) is 0 Å². The van der Waals surface area contributed by atoms with Gasteiger partial charge in [-0.1, -0.05) is 44.9 Å². The average Bonchev–Trinajstić information content (AvgIpc) is 2.76. The Morgan fingerprint density at radius 3 is 2.55 bits per heavy atom. The van der Waals surface area contributed by atoms with E-state index in [9.17, 15) is 9.59 Å². The van der Waals surface area contributed by atoms with E-state index in [1.54, 1.807) is 42.5 Å². The molecule has 0 aromatic heterocycles. The Balaban J connectivity index is 1.98. The molecule has 2 rings (SSSR count). The van der Waals surface area contributed by atoms with E-state index < -0.39 is 0 Å². The van der Waals surface area contributed by atoms with Gasteiger partial charge < -0.3 is 15.4 Å². The van der Waals surface area contributed by atoms with Crippen molar-refractivity contribution in [2.24, 2.45) is 0 Å². The molecule has 0 aliphatic heterocycles. The van der Waals surface area contributed by atoms with E-state index >= 15 is 0 Å². The number of nitrogens with one attached hydrogen (secondary N) is 3. The maximum absolute atomic E-state index is 12.7. The number of benzene rings is 2. The quantitative estimate of drug-likeness (QED) is 0.361. The molecule has 0 fully saturated rings. The van der Waals surface area contributed by atoms with Gasteiger partial charge in [0, 0.05) is 17.3 Å². The number of para-hydroxylation sites is 1. The molecule has 7 heteroatoms. The molecular formula is C24H31N3O3S. The summed E-state index contributed by atoms with van der Waals surface area (Å²) in [6.45, 7) is 6.66. The Labute approximate surface area is 189 Å². The molecule has 0 spiro atoms. The van der Waals surface area contributed by atoms with Crippen molar-refractivity contribution in [1.29, 1.82) is 0 Å². The molecule has 0 saturated heterocycles. The third kappa shape index (κ3) is 8.02. The highest BCUT2D eigenvalue weighted by Gasteiger charge is 2.14. The van der Waals surface area contributed by atoms with Crippen molar-refractivity contribution in [3.63, 3.8) is 0 Å². The van der Waals surface area contributed by atoms with Crippen molar-refractivity contribution >= 4 is 34.8 Å². The second kappa shape index (κ2) is 12.7. The Morgan fingerprint density at radius 2 is 1.81 bits per heavy atom. The van der Waals surface area contributed by atoms with Crippen molar-refractivity contribution in [2.45, 2.75) is 52.5 Å². The fraction of sp³-hybridized carbons (Fsp3) is 0.375. The van der Waals surface area contributed by atoms with Gasteiger partial charge >= 0.3 is 0 Å². The molecule has 0 aliphatic carbocycles. The first kappa shape index (κ1) is 24.3. The summed E-state index contributed by atoms with van der Waals surface area (Å²) in [5.41, 5.74) is 1.56. The van der Waals surface area contributed by atoms with Crippen LogP contribution in [0.25, 0.3) is 0 Å². The minimum absolute atomic E-state index is 0.0914. The van der Waals surface area contributed by atoms with Crippen molar-refractivity contribution < 1.29 is 14.3 Å². The van der Waals surface area contributed by atoms with E-state index in [2.05, 4.69) is 22.9 Å². The lowest BCUT2D eigenvalue weighted by Crippen LogP contribution is -2.34. The van der Waals surface area contributed by atoms with Gasteiger partial charge in [-0.25, -0.2) is 0 Å². The predicted octanol–water partition coefficient (Wildman–Crippen LogP) is 4.91. The number of ether oxygens (including phenoxy) is 1. The number of unbranched alkanes of at least 4 members (excludes halogenated alkanes) is 2. The van der Waals surface area contributed by atoms with Gasteiger partial charge in [-0.15, -0.1) is 0 Å². The lowest BCUT2D eigenvalue weighted by molar-refractivity contribution is 0.0937. The minimum Gasteiger partial charge on any atom is -0.493 e. The van der Waals surface area contributed by atoms with Crippen LogP contribution in [0.15, 0.2) is 48.5 Å². The molecule has 2 aromatic rings. The third-order valence-corrected chi connectivity index (χ3v) is 4.94. The average molecular weight is 442 g/mol. The van der Waals surface area contributed by atoms with Crippen LogP contribution in [0, 0.1) is 0 Å². The Hall–Kier alpha value is -2.93. The first-order chi connectivity index (χ1) is 14.9. The highest BCUT2D eigenvalue weighted by Crippen LogP contribution is 2.18. The summed E-state index contributed by atoms with van der Waals surface area (Å²) >= 11 is 5.29. The first-order valence-electron chi connectivity index (χ1n) is 10.7. The van der Waals surface area contributed by atoms with Gasteiger partial charge in [0.1, 0.15) is 5.75 Å². The maximum atomic E-state index is 12.7. The van der Waals surface area contributed by atoms with Crippen LogP contribution in [-0.4, -0.2) is 29.6 Å². The smallest absolute Gasteiger partial charge is 0.261 e. The zero-order valence-electron chi connectivity index (χ0n) is 18.4. The lowest BCUT2D eigenvalue weighted by Gasteiger charge is -2.14. The number of carbonyl (C=O) groups excluding carboxylic acids is 2. The topological polar surface area (TPSA) is 79.5 Å². The summed E-state index contributed by atoms with van der Waals surface area (Å²) in [6, 6.07) is 14.2. The molecule has 31 heavy (non-hydrogen) atoms. The molecule has 2 aromatic carbocycles. The SMILES string of the molecule is CCCCCOc1ccccc1C(=O)NC(=S)Nc1cccc(C(=O)NC(C)CC)c1. The van der Waals surface area contributed by atoms with E-state index in [4.69, 9.17) is 17.0 Å². The highest BCUT2D eigenvalue weighted by atomic mass is 32.1. The van der Waals surface area contributed by atoms with Crippen LogP contribution in [0.3, 0.4) is 0 Å². The van der Waals surface area contributed by atoms with E-state index in [0.29, 0.717) is 29.2 Å². The number of hydrogen-bond donors (Lipinski definition) is 3. The number of carbonyl (C=O) groups is 2. The van der Waals surface area contributed by atoms with Gasteiger partial charge in [0.15, 0.2) is 5.11 Å². The molecule has 0 heterocycles. The molecule has 166 valence electrons. The summed E-state index contributed by atoms with van der Waals surface area (Å²) in [6.07, 6.45) is 3.97. The molecule has 2 amide bonds. The normalized spacial score (nSPS) is 11.3. The maximum Gasteiger partial charge on any atom is 0.261 e. The van der Waals surface area contributed by atoms with Crippen LogP contribution in [0.4, 0.5) is 5.69 Å². The van der Waals surface area contributed by atoms with E-state index in [0.717, 1.165) is 25.7 Å². The fourth-order valence-electron chi connectivity index (χ4n) is 2.79. The highest BCUT2D eigenvalue weighted by molar-refractivity contribution is 7.80. The van der Waals surface area contributed by atoms with Crippen molar-refractivity contribution in [3.8, 4) is 5.75 Å². The Bertz CT molecular complexity index is 901.